The van der Waals surface area contributed by atoms with Gasteiger partial charge in [-0.1, -0.05) is 30.7 Å². The molecule has 4 rings (SSSR count). The number of para-hydroxylation sites is 1. The number of amides is 1. The van der Waals surface area contributed by atoms with E-state index in [4.69, 9.17) is 9.72 Å². The van der Waals surface area contributed by atoms with E-state index in [2.05, 4.69) is 4.90 Å². The summed E-state index contributed by atoms with van der Waals surface area (Å²) in [5.41, 5.74) is 1.33. The zero-order valence-electron chi connectivity index (χ0n) is 21.6. The number of thioether (sulfide) groups is 1. The topological polar surface area (TPSA) is 83.1 Å². The Bertz CT molecular complexity index is 1310. The van der Waals surface area contributed by atoms with Crippen LogP contribution in [-0.2, 0) is 14.8 Å². The van der Waals surface area contributed by atoms with Gasteiger partial charge in [-0.15, -0.1) is 11.8 Å². The number of carbonyl (C=O) groups excluding carboxylic acids is 1. The van der Waals surface area contributed by atoms with Crippen LogP contribution in [0.25, 0.3) is 10.2 Å². The maximum absolute atomic E-state index is 13.8. The summed E-state index contributed by atoms with van der Waals surface area (Å²) in [4.78, 5) is 23.9. The molecule has 37 heavy (non-hydrogen) atoms. The maximum atomic E-state index is 13.8. The summed E-state index contributed by atoms with van der Waals surface area (Å²) >= 11 is 3.13. The Hall–Kier alpha value is -2.02. The number of hydrogen-bond acceptors (Lipinski definition) is 8. The number of sulfonamides is 1. The monoisotopic (exact) mass is 562 g/mol. The first-order valence-corrected chi connectivity index (χ1v) is 15.9. The Kier molecular flexibility index (Phi) is 9.60. The number of nitrogens with zero attached hydrogens (tertiary/aromatic N) is 4. The molecule has 1 aliphatic rings. The van der Waals surface area contributed by atoms with E-state index in [-0.39, 0.29) is 10.8 Å². The van der Waals surface area contributed by atoms with Gasteiger partial charge in [0.1, 0.15) is 0 Å². The number of rotatable bonds is 11. The lowest BCUT2D eigenvalue weighted by atomic mass is 10.2. The third-order valence-electron chi connectivity index (χ3n) is 6.45. The van der Waals surface area contributed by atoms with E-state index < -0.39 is 10.0 Å². The Morgan fingerprint density at radius 2 is 1.86 bits per heavy atom. The average Bonchev–Trinajstić information content (AvgIpc) is 3.36. The van der Waals surface area contributed by atoms with Crippen LogP contribution in [0.4, 0.5) is 5.13 Å². The van der Waals surface area contributed by atoms with E-state index >= 15 is 0 Å². The van der Waals surface area contributed by atoms with Crippen LogP contribution in [-0.4, -0.2) is 87.8 Å². The van der Waals surface area contributed by atoms with Crippen molar-refractivity contribution in [3.8, 4) is 0 Å². The molecule has 3 aromatic rings. The molecule has 1 aromatic heterocycles. The molecule has 0 atom stereocenters. The smallest absolute Gasteiger partial charge is 0.260 e. The highest BCUT2D eigenvalue weighted by Gasteiger charge is 2.25. The molecule has 1 fully saturated rings. The zero-order chi connectivity index (χ0) is 26.4. The van der Waals surface area contributed by atoms with E-state index in [0.717, 1.165) is 41.0 Å². The van der Waals surface area contributed by atoms with Gasteiger partial charge in [-0.25, -0.2) is 17.7 Å². The van der Waals surface area contributed by atoms with Crippen LogP contribution in [0.15, 0.2) is 52.3 Å². The van der Waals surface area contributed by atoms with Crippen molar-refractivity contribution in [1.82, 2.24) is 14.2 Å². The Balaban J connectivity index is 1.61. The molecule has 8 nitrogen and oxygen atoms in total. The van der Waals surface area contributed by atoms with E-state index in [1.165, 1.54) is 27.8 Å². The first kappa shape index (κ1) is 28.0. The largest absolute Gasteiger partial charge is 0.379 e. The van der Waals surface area contributed by atoms with Crippen molar-refractivity contribution in [1.29, 1.82) is 0 Å². The highest BCUT2D eigenvalue weighted by molar-refractivity contribution is 7.98. The highest BCUT2D eigenvalue weighted by Crippen LogP contribution is 2.34. The lowest BCUT2D eigenvalue weighted by Gasteiger charge is -2.29. The second kappa shape index (κ2) is 12.7. The number of hydrogen-bond donors (Lipinski definition) is 0. The molecule has 0 N–H and O–H groups in total. The van der Waals surface area contributed by atoms with Crippen molar-refractivity contribution in [3.63, 3.8) is 0 Å². The molecule has 2 aromatic carbocycles. The number of morpholine rings is 1. The van der Waals surface area contributed by atoms with Gasteiger partial charge in [-0.3, -0.25) is 14.6 Å². The van der Waals surface area contributed by atoms with Gasteiger partial charge in [0.2, 0.25) is 10.0 Å². The van der Waals surface area contributed by atoms with Gasteiger partial charge in [0.05, 0.1) is 28.3 Å². The SMILES string of the molecule is CCCCN(C)S(=O)(=O)c1ccc(C(=O)N(CCN2CCOCC2)c2nc3c(SC)cccc3s2)cc1. The van der Waals surface area contributed by atoms with Crippen LogP contribution in [0, 0.1) is 0 Å². The summed E-state index contributed by atoms with van der Waals surface area (Å²) in [6, 6.07) is 12.3. The first-order valence-electron chi connectivity index (χ1n) is 12.5. The second-order valence-corrected chi connectivity index (χ2v) is 12.8. The van der Waals surface area contributed by atoms with Gasteiger partial charge in [0, 0.05) is 50.2 Å². The fourth-order valence-electron chi connectivity index (χ4n) is 4.15. The molecule has 2 heterocycles. The van der Waals surface area contributed by atoms with Gasteiger partial charge in [0.15, 0.2) is 5.13 Å². The number of thiazole rings is 1. The van der Waals surface area contributed by atoms with Crippen molar-refractivity contribution >= 4 is 54.4 Å². The molecule has 0 spiro atoms. The minimum absolute atomic E-state index is 0.187. The summed E-state index contributed by atoms with van der Waals surface area (Å²) in [6.45, 7) is 6.71. The molecule has 1 aliphatic heterocycles. The number of anilines is 1. The lowest BCUT2D eigenvalue weighted by Crippen LogP contribution is -2.43. The second-order valence-electron chi connectivity index (χ2n) is 8.92. The summed E-state index contributed by atoms with van der Waals surface area (Å²) in [7, 11) is -2.01. The summed E-state index contributed by atoms with van der Waals surface area (Å²) < 4.78 is 33.7. The van der Waals surface area contributed by atoms with Crippen LogP contribution in [0.2, 0.25) is 0 Å². The Morgan fingerprint density at radius 3 is 2.54 bits per heavy atom. The number of fused-ring (bicyclic) bond motifs is 1. The first-order chi connectivity index (χ1) is 17.8. The molecule has 11 heteroatoms. The number of benzene rings is 2. The molecular weight excluding hydrogens is 529 g/mol. The van der Waals surface area contributed by atoms with Crippen molar-refractivity contribution in [2.24, 2.45) is 0 Å². The molecule has 1 amide bonds. The van der Waals surface area contributed by atoms with Gasteiger partial charge in [-0.05, 0) is 49.1 Å². The zero-order valence-corrected chi connectivity index (χ0v) is 24.0. The minimum Gasteiger partial charge on any atom is -0.379 e. The predicted molar refractivity (Wildman–Crippen MR) is 152 cm³/mol. The fraction of sp³-hybridized carbons (Fsp3) is 0.462. The van der Waals surface area contributed by atoms with Crippen molar-refractivity contribution < 1.29 is 17.9 Å². The van der Waals surface area contributed by atoms with E-state index in [0.29, 0.717) is 43.5 Å². The Morgan fingerprint density at radius 1 is 1.14 bits per heavy atom. The molecular formula is C26H34N4O4S3. The predicted octanol–water partition coefficient (Wildman–Crippen LogP) is 4.42. The highest BCUT2D eigenvalue weighted by atomic mass is 32.2. The molecule has 0 radical (unpaired) electrons. The number of unbranched alkanes of at least 4 members (excludes halogenated alkanes) is 1. The molecule has 0 saturated carbocycles. The summed E-state index contributed by atoms with van der Waals surface area (Å²) in [5, 5.41) is 0.644. The van der Waals surface area contributed by atoms with Crippen LogP contribution >= 0.6 is 23.1 Å². The fourth-order valence-corrected chi connectivity index (χ4v) is 7.00. The molecule has 200 valence electrons. The molecule has 0 unspecified atom stereocenters. The number of carbonyl (C=O) groups is 1. The van der Waals surface area contributed by atoms with E-state index in [1.54, 1.807) is 35.8 Å². The van der Waals surface area contributed by atoms with E-state index in [9.17, 15) is 13.2 Å². The summed E-state index contributed by atoms with van der Waals surface area (Å²) in [5.74, 6) is -0.193. The van der Waals surface area contributed by atoms with Gasteiger partial charge in [0.25, 0.3) is 5.91 Å². The van der Waals surface area contributed by atoms with Gasteiger partial charge in [-0.2, -0.15) is 0 Å². The molecule has 1 saturated heterocycles. The third kappa shape index (κ3) is 6.52. The molecule has 0 aliphatic carbocycles. The van der Waals surface area contributed by atoms with Crippen LogP contribution in [0.5, 0.6) is 0 Å². The van der Waals surface area contributed by atoms with Gasteiger partial charge < -0.3 is 4.74 Å². The van der Waals surface area contributed by atoms with Crippen LogP contribution < -0.4 is 4.90 Å². The number of aromatic nitrogens is 1. The minimum atomic E-state index is -3.60. The van der Waals surface area contributed by atoms with Crippen molar-refractivity contribution in [2.45, 2.75) is 29.6 Å². The summed E-state index contributed by atoms with van der Waals surface area (Å²) in [6.07, 6.45) is 3.73. The van der Waals surface area contributed by atoms with Crippen LogP contribution in [0.3, 0.4) is 0 Å². The average molecular weight is 563 g/mol. The van der Waals surface area contributed by atoms with Crippen molar-refractivity contribution in [3.05, 3.63) is 48.0 Å². The van der Waals surface area contributed by atoms with Gasteiger partial charge >= 0.3 is 0 Å². The van der Waals surface area contributed by atoms with E-state index in [1.807, 2.05) is 31.4 Å². The number of ether oxygens (including phenoxy) is 1. The third-order valence-corrected chi connectivity index (χ3v) is 10.1. The lowest BCUT2D eigenvalue weighted by molar-refractivity contribution is 0.0391. The Labute approximate surface area is 227 Å². The maximum Gasteiger partial charge on any atom is 0.260 e. The quantitative estimate of drug-likeness (QED) is 0.320. The normalized spacial score (nSPS) is 14.9. The standard InChI is InChI=1S/C26H34N4O4S3/c1-4-5-13-28(2)37(32,33)21-11-9-20(10-12-21)25(31)30(15-14-29-16-18-34-19-17-29)26-27-24-22(35-3)7-6-8-23(24)36-26/h6-12H,4-5,13-19H2,1-3H3. The van der Waals surface area contributed by atoms with Crippen LogP contribution in [0.1, 0.15) is 30.1 Å². The van der Waals surface area contributed by atoms with Crippen molar-refractivity contribution in [2.75, 3.05) is 64.1 Å². The molecule has 0 bridgehead atoms.